The van der Waals surface area contributed by atoms with Crippen LogP contribution in [0.25, 0.3) is 11.3 Å². The van der Waals surface area contributed by atoms with Crippen LogP contribution in [0, 0.1) is 0 Å². The van der Waals surface area contributed by atoms with Crippen molar-refractivity contribution >= 4 is 17.8 Å². The smallest absolute Gasteiger partial charge is 0.390 e. The molecule has 0 aliphatic carbocycles. The second kappa shape index (κ2) is 14.2. The molecule has 2 N–H and O–H groups in total. The Labute approximate surface area is 254 Å². The standard InChI is InChI=1S/C30H42F4N6O2S/c1-35-29(42)39-14-9-26-24(20-39)28(36-40(26)19-23(41)18-38-10-3-2-4-11-38)21-5-6-25(30(32,33)34)27(17-21)43-16-15-37-12-7-22(31)8-13-37/h5-6,17,22-23,41H,2-4,7-16,18-20H2,1H3,(H,35,42)/t23-/m0/s1. The molecule has 0 saturated carbocycles. The quantitative estimate of drug-likeness (QED) is 0.312. The van der Waals surface area contributed by atoms with E-state index in [4.69, 9.17) is 5.10 Å². The Hall–Kier alpha value is -2.35. The summed E-state index contributed by atoms with van der Waals surface area (Å²) in [5.74, 6) is 0.448. The number of amides is 2. The maximum Gasteiger partial charge on any atom is 0.417 e. The third-order valence-corrected chi connectivity index (χ3v) is 9.71. The Morgan fingerprint density at radius 3 is 2.53 bits per heavy atom. The van der Waals surface area contributed by atoms with Crippen LogP contribution in [0.4, 0.5) is 22.4 Å². The molecule has 2 fully saturated rings. The topological polar surface area (TPSA) is 76.9 Å². The number of aromatic nitrogens is 2. The van der Waals surface area contributed by atoms with Crippen molar-refractivity contribution in [3.8, 4) is 11.3 Å². The van der Waals surface area contributed by atoms with E-state index in [2.05, 4.69) is 15.1 Å². The Morgan fingerprint density at radius 2 is 1.84 bits per heavy atom. The minimum absolute atomic E-state index is 0.123. The number of aliphatic hydroxyl groups is 1. The van der Waals surface area contributed by atoms with Gasteiger partial charge in [0.2, 0.25) is 0 Å². The molecule has 1 aromatic heterocycles. The Bertz CT molecular complexity index is 1240. The fourth-order valence-electron chi connectivity index (χ4n) is 6.34. The molecular formula is C30H42F4N6O2S. The summed E-state index contributed by atoms with van der Waals surface area (Å²) in [6.45, 7) is 5.30. The number of carbonyl (C=O) groups excluding carboxylic acids is 1. The molecule has 0 radical (unpaired) electrons. The van der Waals surface area contributed by atoms with E-state index in [0.717, 1.165) is 55.0 Å². The predicted octanol–water partition coefficient (Wildman–Crippen LogP) is 4.64. The summed E-state index contributed by atoms with van der Waals surface area (Å²) in [5, 5.41) is 18.5. The van der Waals surface area contributed by atoms with E-state index in [1.54, 1.807) is 22.7 Å². The number of piperidine rings is 2. The fraction of sp³-hybridized carbons (Fsp3) is 0.667. The van der Waals surface area contributed by atoms with Crippen molar-refractivity contribution in [2.24, 2.45) is 0 Å². The SMILES string of the molecule is CNC(=O)N1CCc2c(c(-c3ccc(C(F)(F)F)c(SCCN4CCC(F)CC4)c3)nn2C[C@@H](O)CN2CCCCC2)C1. The molecule has 1 atom stereocenters. The minimum Gasteiger partial charge on any atom is -0.390 e. The van der Waals surface area contributed by atoms with Gasteiger partial charge in [0, 0.05) is 73.7 Å². The number of hydrogen-bond acceptors (Lipinski definition) is 6. The third-order valence-electron chi connectivity index (χ3n) is 8.68. The summed E-state index contributed by atoms with van der Waals surface area (Å²) in [5.41, 5.74) is 2.09. The molecule has 0 unspecified atom stereocenters. The van der Waals surface area contributed by atoms with Gasteiger partial charge in [-0.15, -0.1) is 11.8 Å². The largest absolute Gasteiger partial charge is 0.417 e. The van der Waals surface area contributed by atoms with Crippen LogP contribution in [0.1, 0.15) is 48.9 Å². The number of likely N-dealkylation sites (tertiary alicyclic amines) is 2. The molecule has 2 amide bonds. The maximum atomic E-state index is 14.0. The van der Waals surface area contributed by atoms with Gasteiger partial charge in [0.25, 0.3) is 0 Å². The van der Waals surface area contributed by atoms with Gasteiger partial charge in [-0.1, -0.05) is 12.5 Å². The van der Waals surface area contributed by atoms with E-state index in [1.165, 1.54) is 12.5 Å². The predicted molar refractivity (Wildman–Crippen MR) is 159 cm³/mol. The van der Waals surface area contributed by atoms with E-state index in [9.17, 15) is 27.5 Å². The van der Waals surface area contributed by atoms with Gasteiger partial charge >= 0.3 is 12.2 Å². The number of hydrogen-bond donors (Lipinski definition) is 2. The number of thioether (sulfide) groups is 1. The van der Waals surface area contributed by atoms with Crippen molar-refractivity contribution in [3.05, 3.63) is 35.0 Å². The number of nitrogens with zero attached hydrogens (tertiary/aromatic N) is 5. The lowest BCUT2D eigenvalue weighted by atomic mass is 10.00. The number of carbonyl (C=O) groups is 1. The summed E-state index contributed by atoms with van der Waals surface area (Å²) >= 11 is 1.15. The number of rotatable bonds is 9. The van der Waals surface area contributed by atoms with E-state index in [-0.39, 0.29) is 24.0 Å². The number of benzene rings is 1. The van der Waals surface area contributed by atoms with Crippen LogP contribution in [0.2, 0.25) is 0 Å². The molecule has 1 aromatic carbocycles. The first-order chi connectivity index (χ1) is 20.6. The third kappa shape index (κ3) is 8.03. The summed E-state index contributed by atoms with van der Waals surface area (Å²) in [4.78, 5) is 18.6. The maximum absolute atomic E-state index is 14.0. The van der Waals surface area contributed by atoms with Gasteiger partial charge in [-0.2, -0.15) is 18.3 Å². The van der Waals surface area contributed by atoms with Gasteiger partial charge in [-0.05, 0) is 50.9 Å². The molecule has 3 aliphatic heterocycles. The highest BCUT2D eigenvalue weighted by Gasteiger charge is 2.35. The lowest BCUT2D eigenvalue weighted by molar-refractivity contribution is -0.139. The first-order valence-corrected chi connectivity index (χ1v) is 16.3. The highest BCUT2D eigenvalue weighted by Crippen LogP contribution is 2.40. The van der Waals surface area contributed by atoms with Gasteiger partial charge in [0.1, 0.15) is 6.17 Å². The van der Waals surface area contributed by atoms with Crippen LogP contribution in [-0.4, -0.2) is 107 Å². The lowest BCUT2D eigenvalue weighted by Crippen LogP contribution is -2.42. The van der Waals surface area contributed by atoms with Crippen LogP contribution in [-0.2, 0) is 25.7 Å². The van der Waals surface area contributed by atoms with Crippen molar-refractivity contribution in [1.82, 2.24) is 29.8 Å². The van der Waals surface area contributed by atoms with Crippen LogP contribution in [0.15, 0.2) is 23.1 Å². The molecular weight excluding hydrogens is 584 g/mol. The zero-order valence-corrected chi connectivity index (χ0v) is 25.5. The first-order valence-electron chi connectivity index (χ1n) is 15.3. The van der Waals surface area contributed by atoms with Crippen molar-refractivity contribution in [2.45, 2.75) is 75.0 Å². The molecule has 4 heterocycles. The van der Waals surface area contributed by atoms with Crippen molar-refractivity contribution in [3.63, 3.8) is 0 Å². The Kier molecular flexibility index (Phi) is 10.6. The summed E-state index contributed by atoms with van der Waals surface area (Å²) < 4.78 is 57.4. The fourth-order valence-corrected chi connectivity index (χ4v) is 7.45. The number of alkyl halides is 4. The van der Waals surface area contributed by atoms with Crippen molar-refractivity contribution < 1.29 is 27.5 Å². The number of fused-ring (bicyclic) bond motifs is 1. The second-order valence-corrected chi connectivity index (χ2v) is 12.9. The normalized spacial score (nSPS) is 19.8. The van der Waals surface area contributed by atoms with Gasteiger partial charge in [-0.25, -0.2) is 9.18 Å². The molecule has 2 saturated heterocycles. The van der Waals surface area contributed by atoms with Gasteiger partial charge < -0.3 is 25.1 Å². The van der Waals surface area contributed by atoms with E-state index >= 15 is 0 Å². The number of β-amino-alcohol motifs (C(OH)–C–C–N with tert-alkyl or cyclic N) is 1. The minimum atomic E-state index is -4.51. The highest BCUT2D eigenvalue weighted by atomic mass is 32.2. The van der Waals surface area contributed by atoms with Crippen LogP contribution in [0.3, 0.4) is 0 Å². The first kappa shape index (κ1) is 32.1. The van der Waals surface area contributed by atoms with Crippen LogP contribution >= 0.6 is 11.8 Å². The molecule has 0 spiro atoms. The molecule has 13 heteroatoms. The van der Waals surface area contributed by atoms with Gasteiger partial charge in [0.05, 0.1) is 30.5 Å². The summed E-state index contributed by atoms with van der Waals surface area (Å²) in [6, 6.07) is 3.89. The summed E-state index contributed by atoms with van der Waals surface area (Å²) in [7, 11) is 1.57. The van der Waals surface area contributed by atoms with Crippen molar-refractivity contribution in [2.75, 3.05) is 58.6 Å². The average Bonchev–Trinajstić information content (AvgIpc) is 3.35. The molecule has 2 aromatic rings. The van der Waals surface area contributed by atoms with E-state index in [1.807, 2.05) is 0 Å². The second-order valence-electron chi connectivity index (χ2n) is 11.8. The molecule has 3 aliphatic rings. The summed E-state index contributed by atoms with van der Waals surface area (Å²) in [6.07, 6.45) is -1.06. The van der Waals surface area contributed by atoms with Gasteiger partial charge in [0.15, 0.2) is 0 Å². The number of halogens is 4. The van der Waals surface area contributed by atoms with E-state index < -0.39 is 24.0 Å². The average molecular weight is 627 g/mol. The zero-order valence-electron chi connectivity index (χ0n) is 24.7. The highest BCUT2D eigenvalue weighted by molar-refractivity contribution is 7.99. The number of urea groups is 1. The molecule has 8 nitrogen and oxygen atoms in total. The molecule has 0 bridgehead atoms. The number of aliphatic hydroxyl groups excluding tert-OH is 1. The van der Waals surface area contributed by atoms with E-state index in [0.29, 0.717) is 69.0 Å². The Balaban J connectivity index is 1.41. The van der Waals surface area contributed by atoms with Crippen molar-refractivity contribution in [1.29, 1.82) is 0 Å². The van der Waals surface area contributed by atoms with Crippen LogP contribution < -0.4 is 5.32 Å². The van der Waals surface area contributed by atoms with Gasteiger partial charge in [-0.3, -0.25) is 4.68 Å². The number of nitrogens with one attached hydrogen (secondary N) is 1. The lowest BCUT2D eigenvalue weighted by Gasteiger charge is -2.29. The van der Waals surface area contributed by atoms with Crippen LogP contribution in [0.5, 0.6) is 0 Å². The molecule has 5 rings (SSSR count). The monoisotopic (exact) mass is 626 g/mol. The molecule has 43 heavy (non-hydrogen) atoms. The Morgan fingerprint density at radius 1 is 1.09 bits per heavy atom. The zero-order chi connectivity index (χ0) is 30.6. The molecule has 238 valence electrons.